The number of rotatable bonds is 10. The van der Waals surface area contributed by atoms with Crippen molar-refractivity contribution >= 4 is 0 Å². The third kappa shape index (κ3) is 13.9. The van der Waals surface area contributed by atoms with E-state index in [-0.39, 0.29) is 0 Å². The molecule has 0 aliphatic heterocycles. The van der Waals surface area contributed by atoms with Crippen molar-refractivity contribution in [1.82, 2.24) is 0 Å². The summed E-state index contributed by atoms with van der Waals surface area (Å²) in [6.07, 6.45) is 11.2. The van der Waals surface area contributed by atoms with Gasteiger partial charge in [-0.1, -0.05) is 44.9 Å². The van der Waals surface area contributed by atoms with Crippen LogP contribution in [0.25, 0.3) is 0 Å². The van der Waals surface area contributed by atoms with Crippen LogP contribution in [0.5, 0.6) is 0 Å². The summed E-state index contributed by atoms with van der Waals surface area (Å²) in [7, 11) is 0. The number of hydrogen-bond donors (Lipinski definition) is 2. The summed E-state index contributed by atoms with van der Waals surface area (Å²) in [5.74, 6) is 0. The Bertz CT molecular complexity index is 129. The first-order chi connectivity index (χ1) is 7.06. The first-order valence-electron chi connectivity index (χ1n) is 6.49. The van der Waals surface area contributed by atoms with Gasteiger partial charge in [-0.2, -0.15) is 0 Å². The lowest BCUT2D eigenvalue weighted by atomic mass is 9.99. The summed E-state index contributed by atoms with van der Waals surface area (Å²) in [5.41, 5.74) is 4.95. The lowest BCUT2D eigenvalue weighted by molar-refractivity contribution is 0.0680. The van der Waals surface area contributed by atoms with Crippen molar-refractivity contribution in [3.05, 3.63) is 0 Å². The number of aliphatic hydroxyl groups is 1. The molecule has 0 atom stereocenters. The predicted molar refractivity (Wildman–Crippen MR) is 66.9 cm³/mol. The number of nitrogens with two attached hydrogens (primary N) is 1. The Balaban J connectivity index is 2.99. The summed E-state index contributed by atoms with van der Waals surface area (Å²) in [5, 5.41) is 9.51. The molecule has 0 aromatic carbocycles. The van der Waals surface area contributed by atoms with E-state index in [1.165, 1.54) is 44.9 Å². The smallest absolute Gasteiger partial charge is 0.0591 e. The van der Waals surface area contributed by atoms with E-state index in [1.807, 2.05) is 13.8 Å². The zero-order valence-corrected chi connectivity index (χ0v) is 10.6. The highest BCUT2D eigenvalue weighted by molar-refractivity contribution is 4.64. The third-order valence-corrected chi connectivity index (χ3v) is 2.74. The molecule has 0 heterocycles. The topological polar surface area (TPSA) is 46.2 Å². The largest absolute Gasteiger partial charge is 0.390 e. The second-order valence-corrected chi connectivity index (χ2v) is 5.18. The fraction of sp³-hybridized carbons (Fsp3) is 1.00. The third-order valence-electron chi connectivity index (χ3n) is 2.74. The van der Waals surface area contributed by atoms with Crippen LogP contribution in [0.3, 0.4) is 0 Å². The molecule has 0 aromatic heterocycles. The molecule has 15 heavy (non-hydrogen) atoms. The predicted octanol–water partition coefficient (Wildman–Crippen LogP) is 3.23. The van der Waals surface area contributed by atoms with Gasteiger partial charge in [-0.3, -0.25) is 0 Å². The summed E-state index contributed by atoms with van der Waals surface area (Å²) in [6.45, 7) is 4.62. The first kappa shape index (κ1) is 14.9. The van der Waals surface area contributed by atoms with E-state index in [1.54, 1.807) is 0 Å². The van der Waals surface area contributed by atoms with Crippen molar-refractivity contribution in [1.29, 1.82) is 0 Å². The van der Waals surface area contributed by atoms with E-state index in [2.05, 4.69) is 0 Å². The van der Waals surface area contributed by atoms with Gasteiger partial charge in [0.2, 0.25) is 0 Å². The van der Waals surface area contributed by atoms with Crippen molar-refractivity contribution in [2.75, 3.05) is 6.54 Å². The maximum absolute atomic E-state index is 9.51. The van der Waals surface area contributed by atoms with Crippen molar-refractivity contribution in [2.24, 2.45) is 5.73 Å². The van der Waals surface area contributed by atoms with E-state index in [0.29, 0.717) is 0 Å². The van der Waals surface area contributed by atoms with E-state index in [4.69, 9.17) is 5.73 Å². The van der Waals surface area contributed by atoms with Crippen LogP contribution in [0.15, 0.2) is 0 Å². The standard InChI is InChI=1S/C13H29NO/c1-13(2,15)11-9-7-5-3-4-6-8-10-12-14/h15H,3-12,14H2,1-2H3. The van der Waals surface area contributed by atoms with Crippen LogP contribution in [-0.4, -0.2) is 17.3 Å². The molecule has 2 nitrogen and oxygen atoms in total. The Morgan fingerprint density at radius 1 is 0.800 bits per heavy atom. The lowest BCUT2D eigenvalue weighted by Gasteiger charge is -2.16. The minimum atomic E-state index is -0.471. The van der Waals surface area contributed by atoms with Crippen molar-refractivity contribution in [3.63, 3.8) is 0 Å². The maximum atomic E-state index is 9.51. The van der Waals surface area contributed by atoms with E-state index in [0.717, 1.165) is 19.4 Å². The average molecular weight is 215 g/mol. The average Bonchev–Trinajstić information content (AvgIpc) is 2.14. The highest BCUT2D eigenvalue weighted by atomic mass is 16.3. The molecule has 0 saturated carbocycles. The second kappa shape index (κ2) is 9.17. The van der Waals surface area contributed by atoms with Gasteiger partial charge < -0.3 is 10.8 Å². The van der Waals surface area contributed by atoms with Crippen LogP contribution in [0.2, 0.25) is 0 Å². The first-order valence-corrected chi connectivity index (χ1v) is 6.49. The summed E-state index contributed by atoms with van der Waals surface area (Å²) < 4.78 is 0. The minimum absolute atomic E-state index is 0.471. The van der Waals surface area contributed by atoms with Crippen LogP contribution in [0, 0.1) is 0 Å². The minimum Gasteiger partial charge on any atom is -0.390 e. The van der Waals surface area contributed by atoms with Gasteiger partial charge in [-0.15, -0.1) is 0 Å². The maximum Gasteiger partial charge on any atom is 0.0591 e. The SMILES string of the molecule is CC(C)(O)CCCCCCCCCCN. The molecule has 0 spiro atoms. The molecule has 2 heteroatoms. The summed E-state index contributed by atoms with van der Waals surface area (Å²) in [6, 6.07) is 0. The molecule has 0 aliphatic rings. The molecule has 0 radical (unpaired) electrons. The Morgan fingerprint density at radius 3 is 1.60 bits per heavy atom. The molecule has 0 unspecified atom stereocenters. The molecular weight excluding hydrogens is 186 g/mol. The Morgan fingerprint density at radius 2 is 1.20 bits per heavy atom. The van der Waals surface area contributed by atoms with Crippen molar-refractivity contribution in [3.8, 4) is 0 Å². The zero-order valence-electron chi connectivity index (χ0n) is 10.6. The Labute approximate surface area is 95.3 Å². The van der Waals surface area contributed by atoms with Gasteiger partial charge in [0.15, 0.2) is 0 Å². The molecule has 92 valence electrons. The normalized spacial score (nSPS) is 12.0. The lowest BCUT2D eigenvalue weighted by Crippen LogP contribution is -2.17. The van der Waals surface area contributed by atoms with E-state index < -0.39 is 5.60 Å². The van der Waals surface area contributed by atoms with Crippen molar-refractivity contribution < 1.29 is 5.11 Å². The second-order valence-electron chi connectivity index (χ2n) is 5.18. The quantitative estimate of drug-likeness (QED) is 0.550. The number of unbranched alkanes of at least 4 members (excludes halogenated alkanes) is 7. The van der Waals surface area contributed by atoms with Gasteiger partial charge in [0.1, 0.15) is 0 Å². The molecule has 0 amide bonds. The van der Waals surface area contributed by atoms with Crippen LogP contribution in [-0.2, 0) is 0 Å². The van der Waals surface area contributed by atoms with Gasteiger partial charge in [0, 0.05) is 0 Å². The zero-order chi connectivity index (χ0) is 11.6. The van der Waals surface area contributed by atoms with Crippen LogP contribution < -0.4 is 5.73 Å². The fourth-order valence-electron chi connectivity index (χ4n) is 1.76. The van der Waals surface area contributed by atoms with Gasteiger partial charge >= 0.3 is 0 Å². The molecule has 0 rings (SSSR count). The molecule has 3 N–H and O–H groups in total. The van der Waals surface area contributed by atoms with Gasteiger partial charge in [0.05, 0.1) is 5.60 Å². The summed E-state index contributed by atoms with van der Waals surface area (Å²) >= 11 is 0. The van der Waals surface area contributed by atoms with E-state index >= 15 is 0 Å². The molecule has 0 fully saturated rings. The van der Waals surface area contributed by atoms with Crippen LogP contribution in [0.1, 0.15) is 71.6 Å². The molecule has 0 aliphatic carbocycles. The molecule has 0 bridgehead atoms. The Hall–Kier alpha value is -0.0800. The highest BCUT2D eigenvalue weighted by Gasteiger charge is 2.10. The number of hydrogen-bond acceptors (Lipinski definition) is 2. The van der Waals surface area contributed by atoms with Crippen LogP contribution >= 0.6 is 0 Å². The summed E-state index contributed by atoms with van der Waals surface area (Å²) in [4.78, 5) is 0. The van der Waals surface area contributed by atoms with Crippen molar-refractivity contribution in [2.45, 2.75) is 77.2 Å². The monoisotopic (exact) mass is 215 g/mol. The molecule has 0 aromatic rings. The fourth-order valence-corrected chi connectivity index (χ4v) is 1.76. The van der Waals surface area contributed by atoms with Gasteiger partial charge in [-0.25, -0.2) is 0 Å². The van der Waals surface area contributed by atoms with Gasteiger partial charge in [0.25, 0.3) is 0 Å². The highest BCUT2D eigenvalue weighted by Crippen LogP contribution is 2.15. The van der Waals surface area contributed by atoms with Gasteiger partial charge in [-0.05, 0) is 33.2 Å². The van der Waals surface area contributed by atoms with E-state index in [9.17, 15) is 5.11 Å². The van der Waals surface area contributed by atoms with Crippen LogP contribution in [0.4, 0.5) is 0 Å². The molecule has 0 saturated heterocycles. The molecular formula is C13H29NO. The Kier molecular flexibility index (Phi) is 9.12.